The van der Waals surface area contributed by atoms with Crippen molar-refractivity contribution in [1.82, 2.24) is 5.32 Å². The molecular formula is C18H23NO7. The third-order valence-corrected chi connectivity index (χ3v) is 4.43. The first-order valence-electron chi connectivity index (χ1n) is 8.46. The zero-order valence-corrected chi connectivity index (χ0v) is 14.8. The Balaban J connectivity index is 1.60. The van der Waals surface area contributed by atoms with Gasteiger partial charge in [-0.3, -0.25) is 4.79 Å². The highest BCUT2D eigenvalue weighted by molar-refractivity contribution is 5.70. The molecule has 2 aliphatic heterocycles. The lowest BCUT2D eigenvalue weighted by molar-refractivity contribution is -0.197. The van der Waals surface area contributed by atoms with Gasteiger partial charge in [0.2, 0.25) is 0 Å². The highest BCUT2D eigenvalue weighted by Crippen LogP contribution is 2.42. The van der Waals surface area contributed by atoms with E-state index >= 15 is 0 Å². The maximum absolute atomic E-state index is 12.0. The average Bonchev–Trinajstić information content (AvgIpc) is 3.06. The molecule has 1 amide bonds. The third kappa shape index (κ3) is 4.14. The average molecular weight is 365 g/mol. The van der Waals surface area contributed by atoms with E-state index in [0.29, 0.717) is 0 Å². The van der Waals surface area contributed by atoms with Crippen molar-refractivity contribution in [2.24, 2.45) is 0 Å². The van der Waals surface area contributed by atoms with Crippen molar-refractivity contribution in [3.8, 4) is 0 Å². The normalized spacial score (nSPS) is 29.2. The summed E-state index contributed by atoms with van der Waals surface area (Å²) in [4.78, 5) is 23.4. The van der Waals surface area contributed by atoms with Crippen LogP contribution in [0.5, 0.6) is 0 Å². The number of ether oxygens (including phenoxy) is 4. The van der Waals surface area contributed by atoms with E-state index in [4.69, 9.17) is 18.9 Å². The summed E-state index contributed by atoms with van der Waals surface area (Å²) in [6.45, 7) is 3.81. The van der Waals surface area contributed by atoms with E-state index < -0.39 is 29.6 Å². The van der Waals surface area contributed by atoms with Gasteiger partial charge in [-0.2, -0.15) is 0 Å². The molecule has 1 aromatic rings. The van der Waals surface area contributed by atoms with E-state index in [9.17, 15) is 14.7 Å². The summed E-state index contributed by atoms with van der Waals surface area (Å²) in [5, 5.41) is 11.9. The monoisotopic (exact) mass is 365 g/mol. The van der Waals surface area contributed by atoms with E-state index in [1.54, 1.807) is 13.8 Å². The highest BCUT2D eigenvalue weighted by atomic mass is 16.8. The molecule has 1 aromatic carbocycles. The number of carbonyl (C=O) groups is 2. The molecule has 0 aliphatic carbocycles. The van der Waals surface area contributed by atoms with Gasteiger partial charge in [0.05, 0.1) is 19.6 Å². The maximum atomic E-state index is 12.0. The fourth-order valence-electron chi connectivity index (χ4n) is 3.35. The number of amides is 1. The Morgan fingerprint density at radius 3 is 2.69 bits per heavy atom. The zero-order chi connectivity index (χ0) is 18.8. The number of aliphatic carboxylic acids is 1. The Hall–Kier alpha value is -2.16. The second-order valence-electron chi connectivity index (χ2n) is 6.96. The van der Waals surface area contributed by atoms with Crippen molar-refractivity contribution in [1.29, 1.82) is 0 Å². The molecule has 0 saturated carbocycles. The molecule has 8 heteroatoms. The first kappa shape index (κ1) is 18.6. The summed E-state index contributed by atoms with van der Waals surface area (Å²) in [6.07, 6.45) is -1.91. The largest absolute Gasteiger partial charge is 0.481 e. The lowest BCUT2D eigenvalue weighted by Crippen LogP contribution is -2.53. The van der Waals surface area contributed by atoms with Gasteiger partial charge < -0.3 is 29.4 Å². The topological polar surface area (TPSA) is 103 Å². The molecule has 142 valence electrons. The Morgan fingerprint density at radius 2 is 2.00 bits per heavy atom. The number of fused-ring (bicyclic) bond motifs is 1. The summed E-state index contributed by atoms with van der Waals surface area (Å²) < 4.78 is 22.5. The van der Waals surface area contributed by atoms with E-state index in [0.717, 1.165) is 5.56 Å². The van der Waals surface area contributed by atoms with Crippen LogP contribution in [0.4, 0.5) is 4.79 Å². The molecule has 0 bridgehead atoms. The first-order valence-corrected chi connectivity index (χ1v) is 8.46. The van der Waals surface area contributed by atoms with Gasteiger partial charge in [0.1, 0.15) is 24.4 Å². The van der Waals surface area contributed by atoms with E-state index in [1.165, 1.54) is 0 Å². The lowest BCUT2D eigenvalue weighted by atomic mass is 9.91. The van der Waals surface area contributed by atoms with Crippen molar-refractivity contribution < 1.29 is 33.6 Å². The number of hydrogen-bond acceptors (Lipinski definition) is 6. The number of carboxylic acids is 1. The summed E-state index contributed by atoms with van der Waals surface area (Å²) in [5.74, 6) is -1.87. The van der Waals surface area contributed by atoms with Crippen LogP contribution in [0.3, 0.4) is 0 Å². The molecule has 0 aromatic heterocycles. The van der Waals surface area contributed by atoms with Crippen LogP contribution in [-0.2, 0) is 30.3 Å². The van der Waals surface area contributed by atoms with Crippen molar-refractivity contribution in [3.63, 3.8) is 0 Å². The van der Waals surface area contributed by atoms with Crippen LogP contribution in [0, 0.1) is 0 Å². The predicted octanol–water partition coefficient (Wildman–Crippen LogP) is 1.68. The molecule has 0 radical (unpaired) electrons. The SMILES string of the molecule is CC1(C)O[C@@H]2[C@@H](CO[C@]2(CNC(=O)OCc2ccccc2)CC(=O)O)O1. The van der Waals surface area contributed by atoms with E-state index in [-0.39, 0.29) is 32.3 Å². The molecular weight excluding hydrogens is 342 g/mol. The standard InChI is InChI=1S/C18H23NO7/c1-17(2)25-13-10-24-18(8-14(20)21,15(13)26-17)11-19-16(22)23-9-12-6-4-3-5-7-12/h3-7,13,15H,8-11H2,1-2H3,(H,19,22)(H,20,21)/t13-,15-,18+/m1/s1. The molecule has 26 heavy (non-hydrogen) atoms. The van der Waals surface area contributed by atoms with Gasteiger partial charge in [-0.25, -0.2) is 4.79 Å². The Labute approximate surface area is 151 Å². The molecule has 2 saturated heterocycles. The summed E-state index contributed by atoms with van der Waals surface area (Å²) in [5.41, 5.74) is -0.342. The number of carbonyl (C=O) groups excluding carboxylic acids is 1. The minimum atomic E-state index is -1.20. The van der Waals surface area contributed by atoms with Crippen molar-refractivity contribution >= 4 is 12.1 Å². The van der Waals surface area contributed by atoms with Crippen LogP contribution in [0.2, 0.25) is 0 Å². The Bertz CT molecular complexity index is 663. The van der Waals surface area contributed by atoms with E-state index in [1.807, 2.05) is 30.3 Å². The molecule has 2 fully saturated rings. The number of carboxylic acid groups (broad SMARTS) is 1. The minimum absolute atomic E-state index is 0.0481. The second kappa shape index (κ2) is 7.22. The van der Waals surface area contributed by atoms with Crippen LogP contribution in [0.15, 0.2) is 30.3 Å². The Morgan fingerprint density at radius 1 is 1.27 bits per heavy atom. The van der Waals surface area contributed by atoms with Gasteiger partial charge in [0, 0.05) is 0 Å². The van der Waals surface area contributed by atoms with Crippen LogP contribution in [0.25, 0.3) is 0 Å². The van der Waals surface area contributed by atoms with Gasteiger partial charge in [-0.15, -0.1) is 0 Å². The number of benzene rings is 1. The molecule has 3 atom stereocenters. The Kier molecular flexibility index (Phi) is 5.17. The molecule has 2 aliphatic rings. The van der Waals surface area contributed by atoms with Gasteiger partial charge >= 0.3 is 12.1 Å². The van der Waals surface area contributed by atoms with Gasteiger partial charge in [0.25, 0.3) is 0 Å². The molecule has 0 spiro atoms. The predicted molar refractivity (Wildman–Crippen MR) is 89.4 cm³/mol. The molecule has 2 N–H and O–H groups in total. The number of nitrogens with one attached hydrogen (secondary N) is 1. The minimum Gasteiger partial charge on any atom is -0.481 e. The van der Waals surface area contributed by atoms with Crippen LogP contribution < -0.4 is 5.32 Å². The van der Waals surface area contributed by atoms with Crippen molar-refractivity contribution in [2.75, 3.05) is 13.2 Å². The second-order valence-corrected chi connectivity index (χ2v) is 6.96. The van der Waals surface area contributed by atoms with E-state index in [2.05, 4.69) is 5.32 Å². The van der Waals surface area contributed by atoms with Crippen LogP contribution in [0.1, 0.15) is 25.8 Å². The van der Waals surface area contributed by atoms with Gasteiger partial charge in [-0.05, 0) is 19.4 Å². The number of alkyl carbamates (subject to hydrolysis) is 1. The molecule has 8 nitrogen and oxygen atoms in total. The summed E-state index contributed by atoms with van der Waals surface area (Å²) in [6, 6.07) is 9.26. The summed E-state index contributed by atoms with van der Waals surface area (Å²) >= 11 is 0. The quantitative estimate of drug-likeness (QED) is 0.790. The molecule has 0 unspecified atom stereocenters. The fourth-order valence-corrected chi connectivity index (χ4v) is 3.35. The van der Waals surface area contributed by atoms with Crippen LogP contribution >= 0.6 is 0 Å². The van der Waals surface area contributed by atoms with Crippen LogP contribution in [-0.4, -0.2) is 53.9 Å². The van der Waals surface area contributed by atoms with Gasteiger partial charge in [-0.1, -0.05) is 30.3 Å². The van der Waals surface area contributed by atoms with Gasteiger partial charge in [0.15, 0.2) is 5.79 Å². The molecule has 2 heterocycles. The zero-order valence-electron chi connectivity index (χ0n) is 14.8. The number of hydrogen-bond donors (Lipinski definition) is 2. The number of rotatable bonds is 6. The maximum Gasteiger partial charge on any atom is 0.407 e. The molecule has 3 rings (SSSR count). The third-order valence-electron chi connectivity index (χ3n) is 4.43. The summed E-state index contributed by atoms with van der Waals surface area (Å²) in [7, 11) is 0. The highest BCUT2D eigenvalue weighted by Gasteiger charge is 2.59. The fraction of sp³-hybridized carbons (Fsp3) is 0.556. The van der Waals surface area contributed by atoms with Crippen molar-refractivity contribution in [2.45, 2.75) is 50.5 Å². The lowest BCUT2D eigenvalue weighted by Gasteiger charge is -2.32. The first-order chi connectivity index (χ1) is 12.3. The smallest absolute Gasteiger partial charge is 0.407 e. The van der Waals surface area contributed by atoms with Crippen molar-refractivity contribution in [3.05, 3.63) is 35.9 Å².